The van der Waals surface area contributed by atoms with E-state index in [9.17, 15) is 9.59 Å². The number of likely N-dealkylation sites (N-methyl/N-ethyl adjacent to an activating group) is 1. The second kappa shape index (κ2) is 5.86. The van der Waals surface area contributed by atoms with Crippen LogP contribution in [-0.2, 0) is 4.79 Å². The lowest BCUT2D eigenvalue weighted by Crippen LogP contribution is -2.44. The summed E-state index contributed by atoms with van der Waals surface area (Å²) in [5, 5.41) is 20.8. The number of nitrogens with zero attached hydrogens (tertiary/aromatic N) is 1. The molecule has 0 radical (unpaired) electrons. The number of nitrogens with one attached hydrogen (secondary N) is 1. The van der Waals surface area contributed by atoms with Gasteiger partial charge in [0.2, 0.25) is 0 Å². The Morgan fingerprint density at radius 1 is 1.47 bits per heavy atom. The van der Waals surface area contributed by atoms with Gasteiger partial charge in [0.25, 0.3) is 0 Å². The predicted octanol–water partition coefficient (Wildman–Crippen LogP) is 0.262. The number of carboxylic acid groups (broad SMARTS) is 1. The maximum Gasteiger partial charge on any atom is 0.317 e. The van der Waals surface area contributed by atoms with E-state index >= 15 is 0 Å². The van der Waals surface area contributed by atoms with Crippen LogP contribution in [0.5, 0.6) is 0 Å². The van der Waals surface area contributed by atoms with Gasteiger partial charge in [-0.15, -0.1) is 0 Å². The first-order chi connectivity index (χ1) is 7.90. The minimum absolute atomic E-state index is 0.0694. The fourth-order valence-electron chi connectivity index (χ4n) is 2.10. The van der Waals surface area contributed by atoms with Crippen molar-refractivity contribution in [2.24, 2.45) is 5.92 Å². The van der Waals surface area contributed by atoms with Gasteiger partial charge in [-0.2, -0.15) is 0 Å². The Hall–Kier alpha value is -1.30. The molecule has 3 N–H and O–H groups in total. The van der Waals surface area contributed by atoms with Crippen molar-refractivity contribution in [3.8, 4) is 0 Å². The van der Waals surface area contributed by atoms with Gasteiger partial charge in [0, 0.05) is 19.6 Å². The number of aliphatic hydroxyl groups is 1. The second-order valence-corrected chi connectivity index (χ2v) is 4.72. The Balaban J connectivity index is 2.35. The van der Waals surface area contributed by atoms with Gasteiger partial charge in [0.1, 0.15) is 0 Å². The van der Waals surface area contributed by atoms with E-state index in [1.54, 1.807) is 14.0 Å². The van der Waals surface area contributed by atoms with Gasteiger partial charge in [-0.05, 0) is 26.2 Å². The first kappa shape index (κ1) is 13.8. The van der Waals surface area contributed by atoms with E-state index in [4.69, 9.17) is 10.2 Å². The molecule has 0 aromatic carbocycles. The third kappa shape index (κ3) is 4.22. The molecule has 6 nitrogen and oxygen atoms in total. The van der Waals surface area contributed by atoms with Gasteiger partial charge in [-0.3, -0.25) is 4.79 Å². The number of urea groups is 1. The molecule has 1 aliphatic carbocycles. The second-order valence-electron chi connectivity index (χ2n) is 4.72. The third-order valence-corrected chi connectivity index (χ3v) is 2.99. The Morgan fingerprint density at radius 2 is 2.12 bits per heavy atom. The molecule has 0 heterocycles. The van der Waals surface area contributed by atoms with E-state index in [0.717, 1.165) is 0 Å². The summed E-state index contributed by atoms with van der Waals surface area (Å²) in [6, 6.07) is -0.331. The number of rotatable bonds is 4. The lowest BCUT2D eigenvalue weighted by molar-refractivity contribution is -0.141. The Labute approximate surface area is 101 Å². The molecule has 0 aliphatic heterocycles. The molecule has 3 unspecified atom stereocenters. The fourth-order valence-corrected chi connectivity index (χ4v) is 2.10. The maximum atomic E-state index is 11.7. The van der Waals surface area contributed by atoms with E-state index in [-0.39, 0.29) is 24.5 Å². The number of carbonyl (C=O) groups excluding carboxylic acids is 1. The molecule has 17 heavy (non-hydrogen) atoms. The largest absolute Gasteiger partial charge is 0.481 e. The van der Waals surface area contributed by atoms with E-state index in [1.165, 1.54) is 4.90 Å². The smallest absolute Gasteiger partial charge is 0.317 e. The molecule has 6 heteroatoms. The summed E-state index contributed by atoms with van der Waals surface area (Å²) in [6.07, 6.45) is 1.23. The van der Waals surface area contributed by atoms with Crippen LogP contribution >= 0.6 is 0 Å². The number of carboxylic acids is 1. The van der Waals surface area contributed by atoms with E-state index in [1.807, 2.05) is 0 Å². The van der Waals surface area contributed by atoms with Gasteiger partial charge in [0.15, 0.2) is 0 Å². The minimum Gasteiger partial charge on any atom is -0.481 e. The van der Waals surface area contributed by atoms with Gasteiger partial charge in [-0.1, -0.05) is 0 Å². The van der Waals surface area contributed by atoms with Crippen molar-refractivity contribution in [3.05, 3.63) is 0 Å². The summed E-state index contributed by atoms with van der Waals surface area (Å²) >= 11 is 0. The number of hydrogen-bond donors (Lipinski definition) is 3. The van der Waals surface area contributed by atoms with Crippen molar-refractivity contribution in [3.63, 3.8) is 0 Å². The van der Waals surface area contributed by atoms with Crippen molar-refractivity contribution in [2.45, 2.75) is 38.3 Å². The lowest BCUT2D eigenvalue weighted by atomic mass is 10.1. The molecule has 1 saturated carbocycles. The molecule has 0 aromatic rings. The van der Waals surface area contributed by atoms with Gasteiger partial charge >= 0.3 is 12.0 Å². The van der Waals surface area contributed by atoms with Gasteiger partial charge < -0.3 is 20.4 Å². The number of amides is 2. The topological polar surface area (TPSA) is 89.9 Å². The van der Waals surface area contributed by atoms with Crippen LogP contribution in [0.15, 0.2) is 0 Å². The first-order valence-corrected chi connectivity index (χ1v) is 5.82. The van der Waals surface area contributed by atoms with Crippen molar-refractivity contribution >= 4 is 12.0 Å². The van der Waals surface area contributed by atoms with E-state index in [0.29, 0.717) is 19.3 Å². The van der Waals surface area contributed by atoms with Crippen LogP contribution in [0, 0.1) is 5.92 Å². The maximum absolute atomic E-state index is 11.7. The lowest BCUT2D eigenvalue weighted by Gasteiger charge is -2.22. The average Bonchev–Trinajstić information content (AvgIpc) is 2.65. The Morgan fingerprint density at radius 3 is 2.59 bits per heavy atom. The summed E-state index contributed by atoms with van der Waals surface area (Å²) in [4.78, 5) is 23.8. The molecular formula is C11H20N2O4. The van der Waals surface area contributed by atoms with Crippen molar-refractivity contribution in [1.29, 1.82) is 0 Å². The standard InChI is InChI=1S/C11H20N2O4/c1-7(14)6-13(2)11(17)12-9-4-3-8(5-9)10(15)16/h7-9,14H,3-6H2,1-2H3,(H,12,17)(H,15,16). The molecule has 1 rings (SSSR count). The average molecular weight is 244 g/mol. The molecular weight excluding hydrogens is 224 g/mol. The van der Waals surface area contributed by atoms with Crippen molar-refractivity contribution in [2.75, 3.05) is 13.6 Å². The highest BCUT2D eigenvalue weighted by molar-refractivity contribution is 5.75. The SMILES string of the molecule is CC(O)CN(C)C(=O)NC1CCC(C(=O)O)C1. The van der Waals surface area contributed by atoms with Crippen LogP contribution in [0.25, 0.3) is 0 Å². The summed E-state index contributed by atoms with van der Waals surface area (Å²) in [7, 11) is 1.60. The molecule has 98 valence electrons. The summed E-state index contributed by atoms with van der Waals surface area (Å²) in [5.74, 6) is -1.14. The molecule has 0 spiro atoms. The van der Waals surface area contributed by atoms with Crippen LogP contribution in [0.4, 0.5) is 4.79 Å². The van der Waals surface area contributed by atoms with Crippen LogP contribution in [0.1, 0.15) is 26.2 Å². The quantitative estimate of drug-likeness (QED) is 0.661. The first-order valence-electron chi connectivity index (χ1n) is 5.82. The van der Waals surface area contributed by atoms with E-state index in [2.05, 4.69) is 5.32 Å². The van der Waals surface area contributed by atoms with Gasteiger partial charge in [0.05, 0.1) is 12.0 Å². The third-order valence-electron chi connectivity index (χ3n) is 2.99. The van der Waals surface area contributed by atoms with Crippen molar-refractivity contribution in [1.82, 2.24) is 10.2 Å². The van der Waals surface area contributed by atoms with E-state index < -0.39 is 12.1 Å². The highest BCUT2D eigenvalue weighted by atomic mass is 16.4. The molecule has 0 bridgehead atoms. The zero-order valence-corrected chi connectivity index (χ0v) is 10.2. The summed E-state index contributed by atoms with van der Waals surface area (Å²) < 4.78 is 0. The van der Waals surface area contributed by atoms with Crippen LogP contribution in [0.2, 0.25) is 0 Å². The molecule has 1 aliphatic rings. The van der Waals surface area contributed by atoms with Crippen molar-refractivity contribution < 1.29 is 19.8 Å². The zero-order chi connectivity index (χ0) is 13.0. The highest BCUT2D eigenvalue weighted by Gasteiger charge is 2.31. The normalized spacial score (nSPS) is 25.4. The zero-order valence-electron chi connectivity index (χ0n) is 10.2. The Bertz CT molecular complexity index is 293. The number of aliphatic hydroxyl groups excluding tert-OH is 1. The monoisotopic (exact) mass is 244 g/mol. The summed E-state index contributed by atoms with van der Waals surface area (Å²) in [5.41, 5.74) is 0. The summed E-state index contributed by atoms with van der Waals surface area (Å²) in [6.45, 7) is 1.88. The molecule has 1 fully saturated rings. The van der Waals surface area contributed by atoms with Crippen LogP contribution in [0.3, 0.4) is 0 Å². The van der Waals surface area contributed by atoms with Crippen LogP contribution in [-0.4, -0.2) is 52.9 Å². The molecule has 2 amide bonds. The number of hydrogen-bond acceptors (Lipinski definition) is 3. The number of carbonyl (C=O) groups is 2. The molecule has 3 atom stereocenters. The van der Waals surface area contributed by atoms with Crippen LogP contribution < -0.4 is 5.32 Å². The van der Waals surface area contributed by atoms with Gasteiger partial charge in [-0.25, -0.2) is 4.79 Å². The molecule has 0 aromatic heterocycles. The highest BCUT2D eigenvalue weighted by Crippen LogP contribution is 2.25. The predicted molar refractivity (Wildman–Crippen MR) is 61.6 cm³/mol. The fraction of sp³-hybridized carbons (Fsp3) is 0.818. The number of aliphatic carboxylic acids is 1. The molecule has 0 saturated heterocycles. The Kier molecular flexibility index (Phi) is 4.74. The minimum atomic E-state index is -0.793.